The van der Waals surface area contributed by atoms with E-state index < -0.39 is 11.5 Å². The number of nitrogens with zero attached hydrogens (tertiary/aromatic N) is 4. The number of carbonyl (C=O) groups is 3. The van der Waals surface area contributed by atoms with Crippen molar-refractivity contribution in [1.29, 1.82) is 0 Å². The lowest BCUT2D eigenvalue weighted by molar-refractivity contribution is -0.134. The first-order valence-corrected chi connectivity index (χ1v) is 12.1. The third kappa shape index (κ3) is 4.12. The van der Waals surface area contributed by atoms with Crippen molar-refractivity contribution in [3.05, 3.63) is 23.9 Å². The lowest BCUT2D eigenvalue weighted by Gasteiger charge is -2.35. The molecule has 3 amide bonds. The van der Waals surface area contributed by atoms with E-state index in [9.17, 15) is 14.4 Å². The Morgan fingerprint density at radius 2 is 1.88 bits per heavy atom. The van der Waals surface area contributed by atoms with Gasteiger partial charge in [0.1, 0.15) is 5.60 Å². The molecule has 4 heterocycles. The highest BCUT2D eigenvalue weighted by atomic mass is 16.6. The monoisotopic (exact) mass is 467 g/mol. The molecule has 0 bridgehead atoms. The van der Waals surface area contributed by atoms with Crippen molar-refractivity contribution in [2.45, 2.75) is 51.6 Å². The maximum absolute atomic E-state index is 12.6. The van der Waals surface area contributed by atoms with Crippen molar-refractivity contribution in [2.75, 3.05) is 31.1 Å². The molecular weight excluding hydrogens is 434 g/mol. The molecule has 3 aliphatic rings. The minimum atomic E-state index is -0.495. The van der Waals surface area contributed by atoms with Gasteiger partial charge in [0, 0.05) is 45.0 Å². The summed E-state index contributed by atoms with van der Waals surface area (Å²) in [6.45, 7) is 8.91. The van der Waals surface area contributed by atoms with E-state index in [4.69, 9.17) is 9.84 Å². The van der Waals surface area contributed by atoms with E-state index in [1.54, 1.807) is 0 Å². The van der Waals surface area contributed by atoms with Crippen molar-refractivity contribution >= 4 is 34.5 Å². The molecule has 5 rings (SSSR count). The molecule has 0 saturated carbocycles. The van der Waals surface area contributed by atoms with E-state index >= 15 is 0 Å². The van der Waals surface area contributed by atoms with Crippen LogP contribution in [-0.4, -0.2) is 64.4 Å². The molecule has 3 saturated heterocycles. The summed E-state index contributed by atoms with van der Waals surface area (Å²) in [4.78, 5) is 41.0. The van der Waals surface area contributed by atoms with Crippen LogP contribution in [0.4, 0.5) is 10.5 Å². The Bertz CT molecular complexity index is 1150. The molecule has 3 unspecified atom stereocenters. The van der Waals surface area contributed by atoms with E-state index in [0.717, 1.165) is 48.3 Å². The summed E-state index contributed by atoms with van der Waals surface area (Å²) in [5, 5.41) is 8.14. The third-order valence-electron chi connectivity index (χ3n) is 7.23. The van der Waals surface area contributed by atoms with Crippen LogP contribution in [0.5, 0.6) is 0 Å². The number of amides is 3. The van der Waals surface area contributed by atoms with Crippen LogP contribution >= 0.6 is 0 Å². The van der Waals surface area contributed by atoms with Crippen LogP contribution in [0.2, 0.25) is 0 Å². The second-order valence-electron chi connectivity index (χ2n) is 10.8. The molecule has 182 valence electrons. The van der Waals surface area contributed by atoms with Gasteiger partial charge in [-0.3, -0.25) is 19.6 Å². The van der Waals surface area contributed by atoms with Gasteiger partial charge in [0.2, 0.25) is 11.8 Å². The molecule has 9 heteroatoms. The maximum Gasteiger partial charge on any atom is 0.410 e. The quantitative estimate of drug-likeness (QED) is 0.683. The summed E-state index contributed by atoms with van der Waals surface area (Å²) < 4.78 is 7.45. The fourth-order valence-electron chi connectivity index (χ4n) is 5.67. The first kappa shape index (κ1) is 22.7. The van der Waals surface area contributed by atoms with Gasteiger partial charge in [0.25, 0.3) is 0 Å². The summed E-state index contributed by atoms with van der Waals surface area (Å²) in [6.07, 6.45) is 1.54. The normalized spacial score (nSPS) is 25.5. The largest absolute Gasteiger partial charge is 0.444 e. The summed E-state index contributed by atoms with van der Waals surface area (Å²) in [5.74, 6) is 0.00896. The summed E-state index contributed by atoms with van der Waals surface area (Å²) in [6, 6.07) is 6.14. The number of piperidine rings is 2. The van der Waals surface area contributed by atoms with Gasteiger partial charge in [0.05, 0.1) is 22.8 Å². The number of fused-ring (bicyclic) bond motifs is 2. The Labute approximate surface area is 199 Å². The molecule has 2 aromatic rings. The van der Waals surface area contributed by atoms with E-state index in [1.165, 1.54) is 0 Å². The topological polar surface area (TPSA) is 96.8 Å². The van der Waals surface area contributed by atoms with E-state index in [1.807, 2.05) is 49.5 Å². The molecular formula is C25H33N5O4. The maximum atomic E-state index is 12.6. The zero-order chi connectivity index (χ0) is 24.2. The second kappa shape index (κ2) is 8.29. The van der Waals surface area contributed by atoms with Gasteiger partial charge in [-0.1, -0.05) is 12.1 Å². The van der Waals surface area contributed by atoms with E-state index in [2.05, 4.69) is 16.3 Å². The van der Waals surface area contributed by atoms with Crippen LogP contribution in [0.1, 0.15) is 51.6 Å². The second-order valence-corrected chi connectivity index (χ2v) is 10.8. The molecule has 0 radical (unpaired) electrons. The lowest BCUT2D eigenvalue weighted by Crippen LogP contribution is -2.45. The fourth-order valence-corrected chi connectivity index (χ4v) is 5.67. The average Bonchev–Trinajstić information content (AvgIpc) is 3.33. The Morgan fingerprint density at radius 3 is 2.62 bits per heavy atom. The predicted molar refractivity (Wildman–Crippen MR) is 127 cm³/mol. The minimum Gasteiger partial charge on any atom is -0.444 e. The number of nitrogens with one attached hydrogen (secondary N) is 1. The summed E-state index contributed by atoms with van der Waals surface area (Å²) in [5.41, 5.74) is 2.34. The number of para-hydroxylation sites is 1. The Morgan fingerprint density at radius 1 is 1.12 bits per heavy atom. The van der Waals surface area contributed by atoms with Gasteiger partial charge in [-0.2, -0.15) is 5.10 Å². The first-order chi connectivity index (χ1) is 16.1. The molecule has 3 fully saturated rings. The van der Waals surface area contributed by atoms with E-state index in [-0.39, 0.29) is 17.9 Å². The van der Waals surface area contributed by atoms with Gasteiger partial charge < -0.3 is 14.5 Å². The van der Waals surface area contributed by atoms with Crippen LogP contribution < -0.4 is 10.2 Å². The number of anilines is 1. The van der Waals surface area contributed by atoms with Gasteiger partial charge in [-0.05, 0) is 51.5 Å². The molecule has 1 N–H and O–H groups in total. The Balaban J connectivity index is 1.38. The Hall–Kier alpha value is -3.10. The molecule has 0 aliphatic carbocycles. The highest BCUT2D eigenvalue weighted by Crippen LogP contribution is 2.39. The van der Waals surface area contributed by atoms with E-state index in [0.29, 0.717) is 31.2 Å². The van der Waals surface area contributed by atoms with Crippen LogP contribution in [0.25, 0.3) is 10.9 Å². The predicted octanol–water partition coefficient (Wildman–Crippen LogP) is 2.79. The van der Waals surface area contributed by atoms with Crippen molar-refractivity contribution in [1.82, 2.24) is 20.0 Å². The standard InChI is InChI=1S/C25H33N5O4/c1-25(2,3)34-24(33)29-11-10-15-12-30(14-16(15)13-29)19-7-5-6-17-21(27-28(4)22(17)19)18-8-9-20(31)26-23(18)32/h5-7,15-16,18H,8-14H2,1-4H3,(H,26,31,32). The molecule has 0 spiro atoms. The number of carbonyl (C=O) groups excluding carboxylic acids is 3. The van der Waals surface area contributed by atoms with Gasteiger partial charge in [0.15, 0.2) is 0 Å². The first-order valence-electron chi connectivity index (χ1n) is 12.1. The number of rotatable bonds is 2. The number of aryl methyl sites for hydroxylation is 1. The van der Waals surface area contributed by atoms with Crippen molar-refractivity contribution < 1.29 is 19.1 Å². The number of hydrogen-bond donors (Lipinski definition) is 1. The number of likely N-dealkylation sites (tertiary alicyclic amines) is 1. The zero-order valence-corrected chi connectivity index (χ0v) is 20.3. The Kier molecular flexibility index (Phi) is 5.53. The highest BCUT2D eigenvalue weighted by Gasteiger charge is 2.40. The molecule has 3 atom stereocenters. The SMILES string of the molecule is Cn1nc(C2CCC(=O)NC2=O)c2cccc(N3CC4CCN(C(=O)OC(C)(C)C)CC4C3)c21. The summed E-state index contributed by atoms with van der Waals surface area (Å²) >= 11 is 0. The van der Waals surface area contributed by atoms with Crippen LogP contribution in [0.15, 0.2) is 18.2 Å². The number of hydrogen-bond acceptors (Lipinski definition) is 6. The summed E-state index contributed by atoms with van der Waals surface area (Å²) in [7, 11) is 1.91. The third-order valence-corrected chi connectivity index (χ3v) is 7.23. The van der Waals surface area contributed by atoms with Crippen LogP contribution in [0.3, 0.4) is 0 Å². The number of ether oxygens (including phenoxy) is 1. The number of imide groups is 1. The minimum absolute atomic E-state index is 0.220. The molecule has 1 aromatic carbocycles. The van der Waals surface area contributed by atoms with Crippen molar-refractivity contribution in [2.24, 2.45) is 18.9 Å². The number of benzene rings is 1. The molecule has 1 aromatic heterocycles. The number of aromatic nitrogens is 2. The fraction of sp³-hybridized carbons (Fsp3) is 0.600. The zero-order valence-electron chi connectivity index (χ0n) is 20.3. The van der Waals surface area contributed by atoms with Crippen molar-refractivity contribution in [3.63, 3.8) is 0 Å². The molecule has 3 aliphatic heterocycles. The van der Waals surface area contributed by atoms with Crippen molar-refractivity contribution in [3.8, 4) is 0 Å². The average molecular weight is 468 g/mol. The van der Waals surface area contributed by atoms with Gasteiger partial charge in [-0.15, -0.1) is 0 Å². The highest BCUT2D eigenvalue weighted by molar-refractivity contribution is 6.03. The molecule has 34 heavy (non-hydrogen) atoms. The lowest BCUT2D eigenvalue weighted by atomic mass is 9.89. The smallest absolute Gasteiger partial charge is 0.410 e. The van der Waals surface area contributed by atoms with Gasteiger partial charge in [-0.25, -0.2) is 4.79 Å². The van der Waals surface area contributed by atoms with Crippen LogP contribution in [0, 0.1) is 11.8 Å². The van der Waals surface area contributed by atoms with Gasteiger partial charge >= 0.3 is 6.09 Å². The van der Waals surface area contributed by atoms with Crippen LogP contribution in [-0.2, 0) is 21.4 Å². The molecule has 9 nitrogen and oxygen atoms in total.